The smallest absolute Gasteiger partial charge is 0.118 e. The lowest BCUT2D eigenvalue weighted by Crippen LogP contribution is -2.21. The minimum absolute atomic E-state index is 0.182. The molecule has 1 unspecified atom stereocenters. The highest BCUT2D eigenvalue weighted by atomic mass is 16.5. The summed E-state index contributed by atoms with van der Waals surface area (Å²) in [6, 6.07) is 8.01. The highest BCUT2D eigenvalue weighted by Gasteiger charge is 1.99. The quantitative estimate of drug-likeness (QED) is 0.709. The number of aliphatic hydroxyl groups is 1. The number of benzene rings is 1. The fourth-order valence-electron chi connectivity index (χ4n) is 1.79. The highest BCUT2D eigenvalue weighted by Crippen LogP contribution is 2.13. The maximum atomic E-state index is 9.44. The summed E-state index contributed by atoms with van der Waals surface area (Å²) in [5, 5.41) is 12.8. The Labute approximate surface area is 116 Å². The molecule has 0 fully saturated rings. The van der Waals surface area contributed by atoms with Crippen molar-refractivity contribution in [2.24, 2.45) is 0 Å². The van der Waals surface area contributed by atoms with Gasteiger partial charge in [0.25, 0.3) is 0 Å². The van der Waals surface area contributed by atoms with Gasteiger partial charge in [-0.05, 0) is 44.0 Å². The second-order valence-corrected chi connectivity index (χ2v) is 4.79. The van der Waals surface area contributed by atoms with Crippen LogP contribution in [0.15, 0.2) is 29.8 Å². The van der Waals surface area contributed by atoms with Gasteiger partial charge in [-0.15, -0.1) is 0 Å². The van der Waals surface area contributed by atoms with Crippen molar-refractivity contribution < 1.29 is 9.84 Å². The van der Waals surface area contributed by atoms with Crippen molar-refractivity contribution in [3.8, 4) is 5.75 Å². The first kappa shape index (κ1) is 15.7. The predicted molar refractivity (Wildman–Crippen MR) is 80.4 cm³/mol. The van der Waals surface area contributed by atoms with Crippen LogP contribution in [0.25, 0.3) is 6.08 Å². The number of hydrogen-bond donors (Lipinski definition) is 2. The fraction of sp³-hybridized carbons (Fsp3) is 0.500. The standard InChI is InChI=1S/C16H25NO2/c1-4-15(18)9-10-17-12-13(2)11-14-5-7-16(19-3)8-6-14/h5-8,11,15,17-18H,4,9-10,12H2,1-3H3/b13-11+. The van der Waals surface area contributed by atoms with E-state index in [0.29, 0.717) is 0 Å². The number of methoxy groups -OCH3 is 1. The SMILES string of the molecule is CCC(O)CCNC/C(C)=C/c1ccc(OC)cc1. The van der Waals surface area contributed by atoms with E-state index in [1.165, 1.54) is 11.1 Å². The number of nitrogens with one attached hydrogen (secondary N) is 1. The predicted octanol–water partition coefficient (Wildman–Crippen LogP) is 2.85. The zero-order chi connectivity index (χ0) is 14.1. The Bertz CT molecular complexity index is 384. The number of ether oxygens (including phenoxy) is 1. The zero-order valence-corrected chi connectivity index (χ0v) is 12.1. The van der Waals surface area contributed by atoms with E-state index in [1.807, 2.05) is 31.2 Å². The van der Waals surface area contributed by atoms with Crippen LogP contribution in [-0.2, 0) is 0 Å². The minimum Gasteiger partial charge on any atom is -0.497 e. The van der Waals surface area contributed by atoms with Crippen molar-refractivity contribution in [2.75, 3.05) is 20.2 Å². The summed E-state index contributed by atoms with van der Waals surface area (Å²) in [5.41, 5.74) is 2.45. The average Bonchev–Trinajstić information content (AvgIpc) is 2.44. The molecule has 2 N–H and O–H groups in total. The molecule has 0 saturated heterocycles. The molecule has 19 heavy (non-hydrogen) atoms. The molecular weight excluding hydrogens is 238 g/mol. The molecule has 1 aromatic carbocycles. The van der Waals surface area contributed by atoms with Crippen LogP contribution >= 0.6 is 0 Å². The molecule has 0 aromatic heterocycles. The second kappa shape index (κ2) is 8.73. The van der Waals surface area contributed by atoms with Crippen LogP contribution in [-0.4, -0.2) is 31.4 Å². The van der Waals surface area contributed by atoms with Crippen LogP contribution in [0.2, 0.25) is 0 Å². The molecule has 1 atom stereocenters. The molecule has 1 aromatic rings. The third-order valence-corrected chi connectivity index (χ3v) is 3.06. The Morgan fingerprint density at radius 1 is 1.37 bits per heavy atom. The third-order valence-electron chi connectivity index (χ3n) is 3.06. The van der Waals surface area contributed by atoms with E-state index >= 15 is 0 Å². The van der Waals surface area contributed by atoms with Gasteiger partial charge >= 0.3 is 0 Å². The van der Waals surface area contributed by atoms with E-state index in [2.05, 4.69) is 18.3 Å². The lowest BCUT2D eigenvalue weighted by atomic mass is 10.1. The largest absolute Gasteiger partial charge is 0.497 e. The normalized spacial score (nSPS) is 13.4. The first-order valence-electron chi connectivity index (χ1n) is 6.85. The summed E-state index contributed by atoms with van der Waals surface area (Å²) in [6.45, 7) is 5.80. The van der Waals surface area contributed by atoms with Crippen molar-refractivity contribution in [1.82, 2.24) is 5.32 Å². The van der Waals surface area contributed by atoms with Crippen molar-refractivity contribution in [3.05, 3.63) is 35.4 Å². The summed E-state index contributed by atoms with van der Waals surface area (Å²) in [5.74, 6) is 0.876. The Kier molecular flexibility index (Phi) is 7.23. The van der Waals surface area contributed by atoms with Gasteiger partial charge in [0.2, 0.25) is 0 Å². The lowest BCUT2D eigenvalue weighted by molar-refractivity contribution is 0.160. The Hall–Kier alpha value is -1.32. The monoisotopic (exact) mass is 263 g/mol. The first-order chi connectivity index (χ1) is 9.15. The fourth-order valence-corrected chi connectivity index (χ4v) is 1.79. The molecular formula is C16H25NO2. The summed E-state index contributed by atoms with van der Waals surface area (Å²) >= 11 is 0. The van der Waals surface area contributed by atoms with E-state index in [0.717, 1.165) is 31.7 Å². The van der Waals surface area contributed by atoms with Crippen molar-refractivity contribution in [3.63, 3.8) is 0 Å². The summed E-state index contributed by atoms with van der Waals surface area (Å²) in [7, 11) is 1.67. The van der Waals surface area contributed by atoms with Crippen molar-refractivity contribution >= 4 is 6.08 Å². The van der Waals surface area contributed by atoms with Crippen LogP contribution in [0.4, 0.5) is 0 Å². The second-order valence-electron chi connectivity index (χ2n) is 4.79. The van der Waals surface area contributed by atoms with Crippen molar-refractivity contribution in [1.29, 1.82) is 0 Å². The number of rotatable bonds is 8. The van der Waals surface area contributed by atoms with Gasteiger partial charge < -0.3 is 15.2 Å². The van der Waals surface area contributed by atoms with Gasteiger partial charge in [0.05, 0.1) is 13.2 Å². The maximum absolute atomic E-state index is 9.44. The van der Waals surface area contributed by atoms with Gasteiger partial charge in [-0.1, -0.05) is 30.7 Å². The summed E-state index contributed by atoms with van der Waals surface area (Å²) in [4.78, 5) is 0. The highest BCUT2D eigenvalue weighted by molar-refractivity contribution is 5.53. The summed E-state index contributed by atoms with van der Waals surface area (Å²) < 4.78 is 5.13. The minimum atomic E-state index is -0.182. The molecule has 0 aliphatic heterocycles. The molecule has 0 bridgehead atoms. The molecule has 0 heterocycles. The van der Waals surface area contributed by atoms with E-state index in [-0.39, 0.29) is 6.10 Å². The molecule has 3 nitrogen and oxygen atoms in total. The van der Waals surface area contributed by atoms with Gasteiger partial charge in [0, 0.05) is 6.54 Å². The average molecular weight is 263 g/mol. The summed E-state index contributed by atoms with van der Waals surface area (Å²) in [6.07, 6.45) is 3.61. The van der Waals surface area contributed by atoms with Crippen LogP contribution in [0.5, 0.6) is 5.75 Å². The van der Waals surface area contributed by atoms with E-state index < -0.39 is 0 Å². The third kappa shape index (κ3) is 6.41. The Morgan fingerprint density at radius 3 is 2.63 bits per heavy atom. The molecule has 0 aliphatic carbocycles. The molecule has 0 amide bonds. The number of hydrogen-bond acceptors (Lipinski definition) is 3. The van der Waals surface area contributed by atoms with Gasteiger partial charge in [-0.3, -0.25) is 0 Å². The molecule has 0 spiro atoms. The van der Waals surface area contributed by atoms with Gasteiger partial charge in [-0.2, -0.15) is 0 Å². The number of aliphatic hydroxyl groups excluding tert-OH is 1. The van der Waals surface area contributed by atoms with Crippen LogP contribution in [0, 0.1) is 0 Å². The van der Waals surface area contributed by atoms with E-state index in [1.54, 1.807) is 7.11 Å². The molecule has 3 heteroatoms. The Morgan fingerprint density at radius 2 is 2.05 bits per heavy atom. The van der Waals surface area contributed by atoms with Crippen LogP contribution in [0.1, 0.15) is 32.3 Å². The molecule has 106 valence electrons. The van der Waals surface area contributed by atoms with Gasteiger partial charge in [0.1, 0.15) is 5.75 Å². The topological polar surface area (TPSA) is 41.5 Å². The van der Waals surface area contributed by atoms with Crippen molar-refractivity contribution in [2.45, 2.75) is 32.8 Å². The zero-order valence-electron chi connectivity index (χ0n) is 12.1. The van der Waals surface area contributed by atoms with Gasteiger partial charge in [-0.25, -0.2) is 0 Å². The molecule has 1 rings (SSSR count). The Balaban J connectivity index is 2.35. The molecule has 0 aliphatic rings. The van der Waals surface area contributed by atoms with Crippen LogP contribution < -0.4 is 10.1 Å². The van der Waals surface area contributed by atoms with Crippen LogP contribution in [0.3, 0.4) is 0 Å². The molecule has 0 radical (unpaired) electrons. The molecule has 0 saturated carbocycles. The lowest BCUT2D eigenvalue weighted by Gasteiger charge is -2.09. The van der Waals surface area contributed by atoms with E-state index in [9.17, 15) is 5.11 Å². The maximum Gasteiger partial charge on any atom is 0.118 e. The van der Waals surface area contributed by atoms with E-state index in [4.69, 9.17) is 4.74 Å². The van der Waals surface area contributed by atoms with Gasteiger partial charge in [0.15, 0.2) is 0 Å². The first-order valence-corrected chi connectivity index (χ1v) is 6.85.